The SMILES string of the molecule is CC(C)S(=O)N=Cc1cccc(OC(F)(F)F)c1. The molecule has 0 bridgehead atoms. The first kappa shape index (κ1) is 14.7. The normalized spacial score (nSPS) is 14.1. The summed E-state index contributed by atoms with van der Waals surface area (Å²) in [7, 11) is -1.39. The van der Waals surface area contributed by atoms with Crippen molar-refractivity contribution >= 4 is 17.2 Å². The highest BCUT2D eigenvalue weighted by atomic mass is 32.2. The van der Waals surface area contributed by atoms with E-state index in [4.69, 9.17) is 0 Å². The maximum absolute atomic E-state index is 12.0. The molecule has 0 saturated carbocycles. The highest BCUT2D eigenvalue weighted by Gasteiger charge is 2.31. The summed E-state index contributed by atoms with van der Waals surface area (Å²) in [6.07, 6.45) is -3.46. The van der Waals surface area contributed by atoms with Crippen LogP contribution in [0.5, 0.6) is 5.75 Å². The fourth-order valence-electron chi connectivity index (χ4n) is 1.03. The molecule has 0 spiro atoms. The van der Waals surface area contributed by atoms with Gasteiger partial charge in [-0.15, -0.1) is 13.2 Å². The Labute approximate surface area is 105 Å². The molecule has 0 aliphatic heterocycles. The van der Waals surface area contributed by atoms with Gasteiger partial charge in [0.1, 0.15) is 16.7 Å². The molecule has 1 unspecified atom stereocenters. The minimum atomic E-state index is -4.73. The van der Waals surface area contributed by atoms with Crippen LogP contribution in [-0.4, -0.2) is 22.0 Å². The van der Waals surface area contributed by atoms with Crippen LogP contribution in [0.15, 0.2) is 28.7 Å². The first-order valence-electron chi connectivity index (χ1n) is 5.08. The molecule has 0 N–H and O–H groups in total. The molecular weight excluding hydrogens is 267 g/mol. The zero-order chi connectivity index (χ0) is 13.8. The van der Waals surface area contributed by atoms with E-state index in [0.29, 0.717) is 5.56 Å². The third kappa shape index (κ3) is 5.31. The Morgan fingerprint density at radius 1 is 1.39 bits per heavy atom. The van der Waals surface area contributed by atoms with Crippen LogP contribution in [-0.2, 0) is 11.0 Å². The molecule has 1 rings (SSSR count). The molecule has 7 heteroatoms. The van der Waals surface area contributed by atoms with Gasteiger partial charge in [-0.1, -0.05) is 12.1 Å². The van der Waals surface area contributed by atoms with Gasteiger partial charge in [0.2, 0.25) is 0 Å². The number of rotatable bonds is 4. The number of ether oxygens (including phenoxy) is 1. The van der Waals surface area contributed by atoms with Crippen molar-refractivity contribution in [3.63, 3.8) is 0 Å². The summed E-state index contributed by atoms with van der Waals surface area (Å²) in [5.41, 5.74) is 0.394. The van der Waals surface area contributed by atoms with Crippen molar-refractivity contribution in [3.05, 3.63) is 29.8 Å². The van der Waals surface area contributed by atoms with E-state index in [9.17, 15) is 17.4 Å². The molecule has 0 radical (unpaired) electrons. The monoisotopic (exact) mass is 279 g/mol. The van der Waals surface area contributed by atoms with E-state index in [-0.39, 0.29) is 11.0 Å². The zero-order valence-electron chi connectivity index (χ0n) is 9.77. The van der Waals surface area contributed by atoms with Crippen molar-refractivity contribution in [1.82, 2.24) is 0 Å². The van der Waals surface area contributed by atoms with Gasteiger partial charge in [-0.3, -0.25) is 0 Å². The molecule has 1 atom stereocenters. The molecule has 0 amide bonds. The smallest absolute Gasteiger partial charge is 0.406 e. The Balaban J connectivity index is 2.80. The average Bonchev–Trinajstić information content (AvgIpc) is 2.23. The van der Waals surface area contributed by atoms with Crippen molar-refractivity contribution in [3.8, 4) is 5.75 Å². The van der Waals surface area contributed by atoms with E-state index in [1.165, 1.54) is 24.4 Å². The molecule has 3 nitrogen and oxygen atoms in total. The Morgan fingerprint density at radius 3 is 2.61 bits per heavy atom. The largest absolute Gasteiger partial charge is 0.573 e. The Morgan fingerprint density at radius 2 is 2.06 bits per heavy atom. The summed E-state index contributed by atoms with van der Waals surface area (Å²) >= 11 is 0. The second kappa shape index (κ2) is 5.99. The summed E-state index contributed by atoms with van der Waals surface area (Å²) < 4.78 is 54.8. The van der Waals surface area contributed by atoms with Gasteiger partial charge in [0.25, 0.3) is 0 Å². The van der Waals surface area contributed by atoms with Crippen molar-refractivity contribution in [1.29, 1.82) is 0 Å². The Hall–Kier alpha value is -1.37. The summed E-state index contributed by atoms with van der Waals surface area (Å²) in [5.74, 6) is -0.332. The number of alkyl halides is 3. The predicted octanol–water partition coefficient (Wildman–Crippen LogP) is 3.08. The summed E-state index contributed by atoms with van der Waals surface area (Å²) in [5, 5.41) is -0.143. The van der Waals surface area contributed by atoms with Crippen LogP contribution in [0.3, 0.4) is 0 Å². The highest BCUT2D eigenvalue weighted by Crippen LogP contribution is 2.22. The van der Waals surface area contributed by atoms with Gasteiger partial charge in [0, 0.05) is 6.21 Å². The molecular formula is C11H12F3NO2S. The first-order valence-corrected chi connectivity index (χ1v) is 6.25. The van der Waals surface area contributed by atoms with Crippen molar-refractivity contribution in [2.75, 3.05) is 0 Å². The van der Waals surface area contributed by atoms with E-state index < -0.39 is 17.3 Å². The van der Waals surface area contributed by atoms with Gasteiger partial charge in [0.15, 0.2) is 0 Å². The molecule has 0 fully saturated rings. The van der Waals surface area contributed by atoms with Gasteiger partial charge in [-0.25, -0.2) is 4.21 Å². The average molecular weight is 279 g/mol. The molecule has 18 heavy (non-hydrogen) atoms. The molecule has 0 aromatic heterocycles. The van der Waals surface area contributed by atoms with Gasteiger partial charge in [0.05, 0.1) is 5.25 Å². The van der Waals surface area contributed by atoms with Gasteiger partial charge < -0.3 is 4.74 Å². The minimum Gasteiger partial charge on any atom is -0.406 e. The number of halogens is 3. The molecule has 1 aromatic carbocycles. The van der Waals surface area contributed by atoms with Crippen LogP contribution in [0, 0.1) is 0 Å². The molecule has 0 heterocycles. The molecule has 0 saturated heterocycles. The Kier molecular flexibility index (Phi) is 4.89. The fourth-order valence-corrected chi connectivity index (χ4v) is 1.50. The molecule has 100 valence electrons. The maximum atomic E-state index is 12.0. The zero-order valence-corrected chi connectivity index (χ0v) is 10.6. The molecule has 1 aromatic rings. The second-order valence-corrected chi connectivity index (χ2v) is 5.39. The summed E-state index contributed by atoms with van der Waals surface area (Å²) in [6, 6.07) is 5.31. The standard InChI is InChI=1S/C11H12F3NO2S/c1-8(2)18(16)15-7-9-4-3-5-10(6-9)17-11(12,13)14/h3-8H,1-2H3. The number of nitrogens with zero attached hydrogens (tertiary/aromatic N) is 1. The number of hydrogen-bond acceptors (Lipinski definition) is 2. The van der Waals surface area contributed by atoms with E-state index >= 15 is 0 Å². The van der Waals surface area contributed by atoms with Crippen LogP contribution < -0.4 is 4.74 Å². The third-order valence-electron chi connectivity index (χ3n) is 1.80. The lowest BCUT2D eigenvalue weighted by molar-refractivity contribution is -0.274. The van der Waals surface area contributed by atoms with Crippen molar-refractivity contribution < 1.29 is 22.1 Å². The van der Waals surface area contributed by atoms with Crippen LogP contribution in [0.2, 0.25) is 0 Å². The number of hydrogen-bond donors (Lipinski definition) is 0. The van der Waals surface area contributed by atoms with E-state index in [1.807, 2.05) is 0 Å². The van der Waals surface area contributed by atoms with Crippen LogP contribution in [0.1, 0.15) is 19.4 Å². The molecule has 0 aliphatic rings. The quantitative estimate of drug-likeness (QED) is 0.794. The predicted molar refractivity (Wildman–Crippen MR) is 64.0 cm³/mol. The minimum absolute atomic E-state index is 0.143. The van der Waals surface area contributed by atoms with Crippen LogP contribution in [0.4, 0.5) is 13.2 Å². The van der Waals surface area contributed by atoms with Crippen LogP contribution in [0.25, 0.3) is 0 Å². The summed E-state index contributed by atoms with van der Waals surface area (Å²) in [4.78, 5) is 0. The fraction of sp³-hybridized carbons (Fsp3) is 0.364. The number of benzene rings is 1. The maximum Gasteiger partial charge on any atom is 0.573 e. The van der Waals surface area contributed by atoms with E-state index in [2.05, 4.69) is 9.13 Å². The lowest BCUT2D eigenvalue weighted by Crippen LogP contribution is -2.17. The third-order valence-corrected chi connectivity index (χ3v) is 2.92. The second-order valence-electron chi connectivity index (χ2n) is 3.68. The Bertz CT molecular complexity index is 458. The topological polar surface area (TPSA) is 38.7 Å². The highest BCUT2D eigenvalue weighted by molar-refractivity contribution is 7.84. The first-order chi connectivity index (χ1) is 8.28. The lowest BCUT2D eigenvalue weighted by Gasteiger charge is -2.08. The summed E-state index contributed by atoms with van der Waals surface area (Å²) in [6.45, 7) is 3.47. The van der Waals surface area contributed by atoms with Gasteiger partial charge >= 0.3 is 6.36 Å². The van der Waals surface area contributed by atoms with Crippen LogP contribution >= 0.6 is 0 Å². The molecule has 0 aliphatic carbocycles. The van der Waals surface area contributed by atoms with E-state index in [1.54, 1.807) is 19.9 Å². The van der Waals surface area contributed by atoms with Crippen molar-refractivity contribution in [2.45, 2.75) is 25.5 Å². The van der Waals surface area contributed by atoms with Gasteiger partial charge in [-0.05, 0) is 31.5 Å². The lowest BCUT2D eigenvalue weighted by atomic mass is 10.2. The van der Waals surface area contributed by atoms with Gasteiger partial charge in [-0.2, -0.15) is 4.40 Å². The van der Waals surface area contributed by atoms with Crippen molar-refractivity contribution in [2.24, 2.45) is 4.40 Å². The van der Waals surface area contributed by atoms with E-state index in [0.717, 1.165) is 0 Å².